The van der Waals surface area contributed by atoms with Gasteiger partial charge in [-0.05, 0) is 67.6 Å². The SMILES string of the molecule is COc1ccc(NC(=O)c2c(NC(=O)COc3ccccc3C#N)sc3c2CCCC3)cc1. The van der Waals surface area contributed by atoms with Gasteiger partial charge < -0.3 is 20.1 Å². The van der Waals surface area contributed by atoms with Crippen molar-refractivity contribution in [1.82, 2.24) is 0 Å². The van der Waals surface area contributed by atoms with Crippen LogP contribution in [0.4, 0.5) is 10.7 Å². The number of ether oxygens (including phenoxy) is 2. The number of carbonyl (C=O) groups excluding carboxylic acids is 2. The maximum atomic E-state index is 13.2. The van der Waals surface area contributed by atoms with Crippen LogP contribution in [0.5, 0.6) is 11.5 Å². The molecule has 0 atom stereocenters. The molecule has 0 bridgehead atoms. The third-order valence-corrected chi connectivity index (χ3v) is 6.57. The summed E-state index contributed by atoms with van der Waals surface area (Å²) in [5.41, 5.74) is 2.52. The highest BCUT2D eigenvalue weighted by Crippen LogP contribution is 2.38. The molecule has 2 aromatic carbocycles. The van der Waals surface area contributed by atoms with Crippen LogP contribution in [0, 0.1) is 11.3 Å². The second kappa shape index (κ2) is 10.2. The van der Waals surface area contributed by atoms with Gasteiger partial charge in [-0.25, -0.2) is 0 Å². The average Bonchev–Trinajstić information content (AvgIpc) is 3.21. The number of hydrogen-bond donors (Lipinski definition) is 2. The fraction of sp³-hybridized carbons (Fsp3) is 0.240. The number of aryl methyl sites for hydroxylation is 1. The third kappa shape index (κ3) is 5.16. The second-order valence-electron chi connectivity index (χ2n) is 7.54. The van der Waals surface area contributed by atoms with E-state index in [1.807, 2.05) is 6.07 Å². The van der Waals surface area contributed by atoms with Crippen LogP contribution in [0.3, 0.4) is 0 Å². The van der Waals surface area contributed by atoms with Crippen LogP contribution in [0.25, 0.3) is 0 Å². The number of nitriles is 1. The molecule has 8 heteroatoms. The van der Waals surface area contributed by atoms with E-state index in [1.165, 1.54) is 11.3 Å². The van der Waals surface area contributed by atoms with Gasteiger partial charge in [-0.1, -0.05) is 12.1 Å². The van der Waals surface area contributed by atoms with Gasteiger partial charge in [0.25, 0.3) is 11.8 Å². The molecule has 1 aliphatic rings. The predicted octanol–water partition coefficient (Wildman–Crippen LogP) is 4.78. The Morgan fingerprint density at radius 2 is 1.82 bits per heavy atom. The molecule has 0 radical (unpaired) electrons. The molecular formula is C25H23N3O4S. The van der Waals surface area contributed by atoms with Gasteiger partial charge in [0.05, 0.1) is 18.2 Å². The van der Waals surface area contributed by atoms with E-state index in [0.717, 1.165) is 36.1 Å². The Balaban J connectivity index is 1.51. The molecule has 1 heterocycles. The minimum atomic E-state index is -0.389. The summed E-state index contributed by atoms with van der Waals surface area (Å²) in [6, 6.07) is 15.9. The summed E-state index contributed by atoms with van der Waals surface area (Å²) in [7, 11) is 1.59. The lowest BCUT2D eigenvalue weighted by Crippen LogP contribution is -2.22. The summed E-state index contributed by atoms with van der Waals surface area (Å²) in [5.74, 6) is 0.399. The summed E-state index contributed by atoms with van der Waals surface area (Å²) in [4.78, 5) is 27.0. The number of amides is 2. The zero-order valence-electron chi connectivity index (χ0n) is 18.1. The number of anilines is 2. The lowest BCUT2D eigenvalue weighted by Gasteiger charge is -2.13. The van der Waals surface area contributed by atoms with E-state index < -0.39 is 0 Å². The fourth-order valence-corrected chi connectivity index (χ4v) is 5.06. The molecule has 7 nitrogen and oxygen atoms in total. The first-order chi connectivity index (χ1) is 16.1. The van der Waals surface area contributed by atoms with Crippen LogP contribution in [0.2, 0.25) is 0 Å². The van der Waals surface area contributed by atoms with Crippen LogP contribution < -0.4 is 20.1 Å². The average molecular weight is 462 g/mol. The largest absolute Gasteiger partial charge is 0.497 e. The van der Waals surface area contributed by atoms with Crippen molar-refractivity contribution in [3.8, 4) is 17.6 Å². The Hall–Kier alpha value is -3.83. The highest BCUT2D eigenvalue weighted by atomic mass is 32.1. The van der Waals surface area contributed by atoms with Crippen molar-refractivity contribution in [2.24, 2.45) is 0 Å². The molecular weight excluding hydrogens is 438 g/mol. The minimum Gasteiger partial charge on any atom is -0.497 e. The molecule has 1 aromatic heterocycles. The molecule has 0 spiro atoms. The maximum absolute atomic E-state index is 13.2. The van der Waals surface area contributed by atoms with Crippen molar-refractivity contribution < 1.29 is 19.1 Å². The number of thiophene rings is 1. The normalized spacial score (nSPS) is 12.2. The van der Waals surface area contributed by atoms with Crippen molar-refractivity contribution in [3.05, 3.63) is 70.1 Å². The zero-order valence-corrected chi connectivity index (χ0v) is 19.0. The number of carbonyl (C=O) groups is 2. The number of rotatable bonds is 7. The summed E-state index contributed by atoms with van der Waals surface area (Å²) in [5, 5.41) is 15.5. The molecule has 2 N–H and O–H groups in total. The van der Waals surface area contributed by atoms with E-state index in [4.69, 9.17) is 9.47 Å². The van der Waals surface area contributed by atoms with Crippen LogP contribution >= 0.6 is 11.3 Å². The van der Waals surface area contributed by atoms with Crippen molar-refractivity contribution in [3.63, 3.8) is 0 Å². The number of nitrogens with zero attached hydrogens (tertiary/aromatic N) is 1. The van der Waals surface area contributed by atoms with Gasteiger partial charge in [0.1, 0.15) is 22.6 Å². The molecule has 2 amide bonds. The second-order valence-corrected chi connectivity index (χ2v) is 8.65. The number of nitrogens with one attached hydrogen (secondary N) is 2. The molecule has 0 saturated heterocycles. The highest BCUT2D eigenvalue weighted by Gasteiger charge is 2.26. The molecule has 0 saturated carbocycles. The number of para-hydroxylation sites is 1. The van der Waals surface area contributed by atoms with E-state index in [-0.39, 0.29) is 18.4 Å². The van der Waals surface area contributed by atoms with E-state index in [9.17, 15) is 14.9 Å². The van der Waals surface area contributed by atoms with Crippen molar-refractivity contribution in [2.45, 2.75) is 25.7 Å². The standard InChI is InChI=1S/C25H23N3O4S/c1-31-18-12-10-17(11-13-18)27-24(30)23-19-7-3-5-9-21(19)33-25(23)28-22(29)15-32-20-8-4-2-6-16(20)14-26/h2,4,6,8,10-13H,3,5,7,9,15H2,1H3,(H,27,30)(H,28,29). The minimum absolute atomic E-state index is 0.259. The monoisotopic (exact) mass is 461 g/mol. The van der Waals surface area contributed by atoms with E-state index in [0.29, 0.717) is 33.3 Å². The Morgan fingerprint density at radius 3 is 2.58 bits per heavy atom. The molecule has 168 valence electrons. The smallest absolute Gasteiger partial charge is 0.262 e. The molecule has 33 heavy (non-hydrogen) atoms. The van der Waals surface area contributed by atoms with E-state index in [1.54, 1.807) is 55.6 Å². The maximum Gasteiger partial charge on any atom is 0.262 e. The van der Waals surface area contributed by atoms with Crippen LogP contribution in [0.1, 0.15) is 39.2 Å². The summed E-state index contributed by atoms with van der Waals surface area (Å²) in [6.07, 6.45) is 3.77. The first kappa shape index (κ1) is 22.4. The lowest BCUT2D eigenvalue weighted by atomic mass is 9.95. The zero-order chi connectivity index (χ0) is 23.2. The summed E-state index contributed by atoms with van der Waals surface area (Å²) >= 11 is 1.44. The van der Waals surface area contributed by atoms with E-state index in [2.05, 4.69) is 10.6 Å². The van der Waals surface area contributed by atoms with Gasteiger partial charge in [-0.3, -0.25) is 9.59 Å². The predicted molar refractivity (Wildman–Crippen MR) is 127 cm³/mol. The Bertz CT molecular complexity index is 1210. The quantitative estimate of drug-likeness (QED) is 0.528. The lowest BCUT2D eigenvalue weighted by molar-refractivity contribution is -0.118. The first-order valence-electron chi connectivity index (χ1n) is 10.6. The van der Waals surface area contributed by atoms with Crippen molar-refractivity contribution in [1.29, 1.82) is 5.26 Å². The summed E-state index contributed by atoms with van der Waals surface area (Å²) in [6.45, 7) is -0.263. The highest BCUT2D eigenvalue weighted by molar-refractivity contribution is 7.17. The molecule has 0 unspecified atom stereocenters. The molecule has 3 aromatic rings. The van der Waals surface area contributed by atoms with Gasteiger partial charge in [-0.15, -0.1) is 11.3 Å². The topological polar surface area (TPSA) is 100 Å². The van der Waals surface area contributed by atoms with Gasteiger partial charge in [0.15, 0.2) is 6.61 Å². The first-order valence-corrected chi connectivity index (χ1v) is 11.4. The number of benzene rings is 2. The van der Waals surface area contributed by atoms with Gasteiger partial charge in [-0.2, -0.15) is 5.26 Å². The molecule has 1 aliphatic carbocycles. The van der Waals surface area contributed by atoms with Crippen molar-refractivity contribution in [2.75, 3.05) is 24.4 Å². The van der Waals surface area contributed by atoms with Crippen LogP contribution in [-0.2, 0) is 17.6 Å². The third-order valence-electron chi connectivity index (χ3n) is 5.37. The Morgan fingerprint density at radius 1 is 1.06 bits per heavy atom. The number of methoxy groups -OCH3 is 1. The molecule has 0 fully saturated rings. The van der Waals surface area contributed by atoms with Crippen molar-refractivity contribution >= 4 is 33.8 Å². The number of fused-ring (bicyclic) bond motifs is 1. The summed E-state index contributed by atoms with van der Waals surface area (Å²) < 4.78 is 10.7. The van der Waals surface area contributed by atoms with E-state index >= 15 is 0 Å². The van der Waals surface area contributed by atoms with Crippen LogP contribution in [-0.4, -0.2) is 25.5 Å². The molecule has 4 rings (SSSR count). The Kier molecular flexibility index (Phi) is 6.91. The van der Waals surface area contributed by atoms with Gasteiger partial charge in [0, 0.05) is 10.6 Å². The number of hydrogen-bond acceptors (Lipinski definition) is 6. The van der Waals surface area contributed by atoms with Gasteiger partial charge >= 0.3 is 0 Å². The fourth-order valence-electron chi connectivity index (χ4n) is 3.75. The van der Waals surface area contributed by atoms with Gasteiger partial charge in [0.2, 0.25) is 0 Å². The molecule has 0 aliphatic heterocycles. The van der Waals surface area contributed by atoms with Crippen LogP contribution in [0.15, 0.2) is 48.5 Å². The Labute approximate surface area is 196 Å².